The molecule has 3 aromatic carbocycles. The minimum Gasteiger partial charge on any atom is -0.480 e. The van der Waals surface area contributed by atoms with E-state index in [-0.39, 0.29) is 17.7 Å². The molecule has 45 heavy (non-hydrogen) atoms. The van der Waals surface area contributed by atoms with E-state index < -0.39 is 17.4 Å². The normalized spacial score (nSPS) is 21.0. The number of rotatable bonds is 9. The second-order valence-corrected chi connectivity index (χ2v) is 14.2. The summed E-state index contributed by atoms with van der Waals surface area (Å²) < 4.78 is 16.5. The molecule has 4 aromatic rings. The molecule has 2 fully saturated rings. The summed E-state index contributed by atoms with van der Waals surface area (Å²) in [6.45, 7) is 13.2. The highest BCUT2D eigenvalue weighted by atomic mass is 19.1. The van der Waals surface area contributed by atoms with Crippen molar-refractivity contribution in [3.8, 4) is 0 Å². The summed E-state index contributed by atoms with van der Waals surface area (Å²) in [7, 11) is 0. The number of carbonyl (C=O) groups is 1. The van der Waals surface area contributed by atoms with Gasteiger partial charge >= 0.3 is 5.97 Å². The number of fused-ring (bicyclic) bond motifs is 1. The van der Waals surface area contributed by atoms with E-state index in [9.17, 15) is 14.3 Å². The van der Waals surface area contributed by atoms with Gasteiger partial charge in [0.15, 0.2) is 0 Å². The summed E-state index contributed by atoms with van der Waals surface area (Å²) in [6.07, 6.45) is 2.96. The molecule has 0 spiro atoms. The molecule has 3 heterocycles. The maximum atomic E-state index is 14.3. The Balaban J connectivity index is 1.15. The Morgan fingerprint density at radius 2 is 1.73 bits per heavy atom. The first-order valence-corrected chi connectivity index (χ1v) is 16.6. The maximum Gasteiger partial charge on any atom is 0.321 e. The highest BCUT2D eigenvalue weighted by Gasteiger charge is 2.44. The van der Waals surface area contributed by atoms with Gasteiger partial charge in [-0.25, -0.2) is 4.39 Å². The highest BCUT2D eigenvalue weighted by Crippen LogP contribution is 2.39. The molecule has 238 valence electrons. The predicted molar refractivity (Wildman–Crippen MR) is 178 cm³/mol. The van der Waals surface area contributed by atoms with E-state index in [1.165, 1.54) is 28.1 Å². The van der Waals surface area contributed by atoms with Crippen molar-refractivity contribution in [3.05, 3.63) is 101 Å². The number of carboxylic acids is 1. The second-order valence-electron chi connectivity index (χ2n) is 14.2. The summed E-state index contributed by atoms with van der Waals surface area (Å²) in [4.78, 5) is 17.1. The zero-order chi connectivity index (χ0) is 31.7. The van der Waals surface area contributed by atoms with E-state index in [2.05, 4.69) is 69.9 Å². The Bertz CT molecular complexity index is 1630. The van der Waals surface area contributed by atoms with Crippen molar-refractivity contribution in [2.24, 2.45) is 11.3 Å². The lowest BCUT2D eigenvalue weighted by atomic mass is 9.85. The summed E-state index contributed by atoms with van der Waals surface area (Å²) >= 11 is 0. The Morgan fingerprint density at radius 3 is 2.44 bits per heavy atom. The quantitative estimate of drug-likeness (QED) is 0.218. The van der Waals surface area contributed by atoms with E-state index in [1.54, 1.807) is 12.1 Å². The Morgan fingerprint density at radius 1 is 1.00 bits per heavy atom. The highest BCUT2D eigenvalue weighted by molar-refractivity contribution is 5.85. The van der Waals surface area contributed by atoms with Gasteiger partial charge in [0, 0.05) is 50.1 Å². The number of benzene rings is 3. The largest absolute Gasteiger partial charge is 0.480 e. The van der Waals surface area contributed by atoms with Crippen LogP contribution in [0.1, 0.15) is 74.9 Å². The van der Waals surface area contributed by atoms with Crippen LogP contribution in [0, 0.1) is 17.2 Å². The SMILES string of the molecule is CCn1nc(Cc2cccc3ccccc23)cc1C1CCN(C[C@H]2CN([C@@H](C(=O)O)C(C)(C)C)C[C@@H]2c2cccc(F)c2)CC1. The van der Waals surface area contributed by atoms with Crippen molar-refractivity contribution in [2.45, 2.75) is 71.4 Å². The topological polar surface area (TPSA) is 61.6 Å². The standard InChI is InChI=1S/C38H47FN4O2/c1-5-43-35(22-32(40-43)21-29-12-8-11-26-10-6-7-15-33(26)29)27-16-18-41(19-17-27)23-30-24-42(36(37(44)45)38(2,3)4)25-34(30)28-13-9-14-31(39)20-28/h6-15,20,22,27,30,34,36H,5,16-19,21,23-25H2,1-4H3,(H,44,45)/t30-,34+,36-/m0/s1. The molecule has 6 rings (SSSR count). The van der Waals surface area contributed by atoms with Crippen molar-refractivity contribution in [2.75, 3.05) is 32.7 Å². The molecule has 1 aromatic heterocycles. The first kappa shape index (κ1) is 31.4. The summed E-state index contributed by atoms with van der Waals surface area (Å²) in [5.41, 5.74) is 4.35. The molecule has 0 aliphatic carbocycles. The number of likely N-dealkylation sites (tertiary alicyclic amines) is 2. The van der Waals surface area contributed by atoms with Crippen LogP contribution in [0.5, 0.6) is 0 Å². The lowest BCUT2D eigenvalue weighted by molar-refractivity contribution is -0.147. The Labute approximate surface area is 266 Å². The van der Waals surface area contributed by atoms with Gasteiger partial charge in [0.25, 0.3) is 0 Å². The number of halogens is 1. The van der Waals surface area contributed by atoms with Gasteiger partial charge in [-0.15, -0.1) is 0 Å². The molecule has 1 N–H and O–H groups in total. The summed E-state index contributed by atoms with van der Waals surface area (Å²) in [5, 5.41) is 17.8. The van der Waals surface area contributed by atoms with Gasteiger partial charge in [-0.2, -0.15) is 5.10 Å². The van der Waals surface area contributed by atoms with Gasteiger partial charge in [0.2, 0.25) is 0 Å². The minimum atomic E-state index is -0.783. The number of nitrogens with zero attached hydrogens (tertiary/aromatic N) is 4. The monoisotopic (exact) mass is 610 g/mol. The third kappa shape index (κ3) is 6.85. The summed E-state index contributed by atoms with van der Waals surface area (Å²) in [6, 6.07) is 23.7. The van der Waals surface area contributed by atoms with Crippen LogP contribution in [-0.4, -0.2) is 69.4 Å². The fraction of sp³-hybridized carbons (Fsp3) is 0.474. The number of aryl methyl sites for hydroxylation is 1. The van der Waals surface area contributed by atoms with Crippen LogP contribution in [0.25, 0.3) is 10.8 Å². The summed E-state index contributed by atoms with van der Waals surface area (Å²) in [5.74, 6) is -0.217. The van der Waals surface area contributed by atoms with Crippen LogP contribution in [0.3, 0.4) is 0 Å². The van der Waals surface area contributed by atoms with Crippen molar-refractivity contribution >= 4 is 16.7 Å². The van der Waals surface area contributed by atoms with Crippen LogP contribution < -0.4 is 0 Å². The number of aromatic nitrogens is 2. The molecule has 2 saturated heterocycles. The minimum absolute atomic E-state index is 0.0979. The second kappa shape index (κ2) is 13.1. The van der Waals surface area contributed by atoms with Crippen LogP contribution in [0.15, 0.2) is 72.8 Å². The first-order chi connectivity index (χ1) is 21.6. The fourth-order valence-electron chi connectivity index (χ4n) is 8.03. The fourth-order valence-corrected chi connectivity index (χ4v) is 8.03. The van der Waals surface area contributed by atoms with Crippen molar-refractivity contribution in [3.63, 3.8) is 0 Å². The zero-order valence-corrected chi connectivity index (χ0v) is 27.1. The zero-order valence-electron chi connectivity index (χ0n) is 27.1. The Hall–Kier alpha value is -3.55. The average molecular weight is 611 g/mol. The number of carboxylic acid groups (broad SMARTS) is 1. The van der Waals surface area contributed by atoms with Gasteiger partial charge < -0.3 is 10.0 Å². The molecular formula is C38H47FN4O2. The molecule has 7 heteroatoms. The van der Waals surface area contributed by atoms with E-state index in [4.69, 9.17) is 5.10 Å². The molecule has 2 aliphatic heterocycles. The first-order valence-electron chi connectivity index (χ1n) is 16.6. The molecule has 0 unspecified atom stereocenters. The lowest BCUT2D eigenvalue weighted by Crippen LogP contribution is -2.48. The van der Waals surface area contributed by atoms with E-state index >= 15 is 0 Å². The van der Waals surface area contributed by atoms with Gasteiger partial charge in [-0.1, -0.05) is 75.4 Å². The third-order valence-corrected chi connectivity index (χ3v) is 10.1. The maximum absolute atomic E-state index is 14.3. The van der Waals surface area contributed by atoms with Gasteiger partial charge in [0.1, 0.15) is 11.9 Å². The van der Waals surface area contributed by atoms with Crippen LogP contribution in [0.4, 0.5) is 4.39 Å². The van der Waals surface area contributed by atoms with E-state index in [1.807, 2.05) is 26.8 Å². The third-order valence-electron chi connectivity index (χ3n) is 10.1. The molecule has 6 nitrogen and oxygen atoms in total. The van der Waals surface area contributed by atoms with E-state index in [0.717, 1.165) is 56.7 Å². The smallest absolute Gasteiger partial charge is 0.321 e. The van der Waals surface area contributed by atoms with Crippen LogP contribution in [0.2, 0.25) is 0 Å². The van der Waals surface area contributed by atoms with Crippen molar-refractivity contribution < 1.29 is 14.3 Å². The molecule has 3 atom stereocenters. The molecule has 0 saturated carbocycles. The van der Waals surface area contributed by atoms with Crippen LogP contribution >= 0.6 is 0 Å². The van der Waals surface area contributed by atoms with Crippen LogP contribution in [-0.2, 0) is 17.8 Å². The lowest BCUT2D eigenvalue weighted by Gasteiger charge is -2.36. The van der Waals surface area contributed by atoms with Gasteiger partial charge in [-0.3, -0.25) is 14.4 Å². The Kier molecular flexibility index (Phi) is 9.12. The number of hydrogen-bond donors (Lipinski definition) is 1. The predicted octanol–water partition coefficient (Wildman–Crippen LogP) is 7.18. The van der Waals surface area contributed by atoms with Gasteiger partial charge in [-0.05, 0) is 84.3 Å². The molecule has 0 radical (unpaired) electrons. The van der Waals surface area contributed by atoms with E-state index in [0.29, 0.717) is 19.0 Å². The van der Waals surface area contributed by atoms with Crippen molar-refractivity contribution in [1.82, 2.24) is 19.6 Å². The molecule has 2 aliphatic rings. The number of hydrogen-bond acceptors (Lipinski definition) is 4. The molecule has 0 amide bonds. The molecular weight excluding hydrogens is 563 g/mol. The number of aliphatic carboxylic acids is 1. The van der Waals surface area contributed by atoms with Crippen molar-refractivity contribution in [1.29, 1.82) is 0 Å². The number of piperidine rings is 1. The van der Waals surface area contributed by atoms with Gasteiger partial charge in [0.05, 0.1) is 5.69 Å². The molecule has 0 bridgehead atoms. The average Bonchev–Trinajstić information content (AvgIpc) is 3.60.